The summed E-state index contributed by atoms with van der Waals surface area (Å²) in [4.78, 5) is 8.85. The number of aryl methyl sites for hydroxylation is 1. The van der Waals surface area contributed by atoms with Crippen LogP contribution in [0.15, 0.2) is 18.7 Å². The molecule has 0 aliphatic rings. The van der Waals surface area contributed by atoms with Crippen LogP contribution in [-0.4, -0.2) is 26.3 Å². The summed E-state index contributed by atoms with van der Waals surface area (Å²) in [7, 11) is 0. The van der Waals surface area contributed by atoms with Crippen LogP contribution in [0.2, 0.25) is 0 Å². The molecule has 2 rings (SSSR count). The molecule has 0 bridgehead atoms. The summed E-state index contributed by atoms with van der Waals surface area (Å²) >= 11 is 0. The Kier molecular flexibility index (Phi) is 4.71. The van der Waals surface area contributed by atoms with Gasteiger partial charge in [-0.1, -0.05) is 20.8 Å². The maximum Gasteiger partial charge on any atom is 0.133 e. The number of hydrogen-bond acceptors (Lipinski definition) is 4. The standard InChI is InChI=1S/C15H23N5/c1-5-7-20-9-12(8-19-20)14-13(11(3)4)15(16-6-2)18-10-17-14/h8-11H,5-7H2,1-4H3,(H,16,17,18). The Balaban J connectivity index is 2.46. The second-order valence-corrected chi connectivity index (χ2v) is 5.16. The zero-order valence-corrected chi connectivity index (χ0v) is 12.7. The van der Waals surface area contributed by atoms with E-state index in [1.807, 2.05) is 10.9 Å². The summed E-state index contributed by atoms with van der Waals surface area (Å²) < 4.78 is 1.97. The Bertz CT molecular complexity index is 559. The van der Waals surface area contributed by atoms with Crippen LogP contribution < -0.4 is 5.32 Å². The van der Waals surface area contributed by atoms with Crippen LogP contribution in [0.5, 0.6) is 0 Å². The predicted octanol–water partition coefficient (Wildman–Crippen LogP) is 3.31. The lowest BCUT2D eigenvalue weighted by atomic mass is 9.99. The molecule has 0 spiro atoms. The lowest BCUT2D eigenvalue weighted by Gasteiger charge is -2.15. The fourth-order valence-corrected chi connectivity index (χ4v) is 2.32. The Morgan fingerprint density at radius 1 is 1.25 bits per heavy atom. The number of nitrogens with one attached hydrogen (secondary N) is 1. The van der Waals surface area contributed by atoms with Crippen LogP contribution in [0.3, 0.4) is 0 Å². The van der Waals surface area contributed by atoms with Gasteiger partial charge < -0.3 is 5.32 Å². The molecule has 20 heavy (non-hydrogen) atoms. The van der Waals surface area contributed by atoms with E-state index >= 15 is 0 Å². The molecule has 0 aliphatic heterocycles. The average molecular weight is 273 g/mol. The molecule has 0 unspecified atom stereocenters. The second kappa shape index (κ2) is 6.50. The third kappa shape index (κ3) is 2.98. The molecule has 2 heterocycles. The third-order valence-electron chi connectivity index (χ3n) is 3.16. The molecule has 0 saturated carbocycles. The summed E-state index contributed by atoms with van der Waals surface area (Å²) in [6, 6.07) is 0. The van der Waals surface area contributed by atoms with Crippen LogP contribution in [-0.2, 0) is 6.54 Å². The SMILES string of the molecule is CCCn1cc(-c2ncnc(NCC)c2C(C)C)cn1. The van der Waals surface area contributed by atoms with Crippen LogP contribution in [0, 0.1) is 0 Å². The van der Waals surface area contributed by atoms with E-state index in [1.54, 1.807) is 6.33 Å². The van der Waals surface area contributed by atoms with E-state index in [-0.39, 0.29) is 0 Å². The summed E-state index contributed by atoms with van der Waals surface area (Å²) in [6.07, 6.45) is 6.65. The van der Waals surface area contributed by atoms with Gasteiger partial charge in [0.25, 0.3) is 0 Å². The molecular formula is C15H23N5. The van der Waals surface area contributed by atoms with Gasteiger partial charge in [0.1, 0.15) is 12.1 Å². The van der Waals surface area contributed by atoms with Crippen molar-refractivity contribution < 1.29 is 0 Å². The third-order valence-corrected chi connectivity index (χ3v) is 3.16. The number of nitrogens with zero attached hydrogens (tertiary/aromatic N) is 4. The monoisotopic (exact) mass is 273 g/mol. The van der Waals surface area contributed by atoms with Crippen molar-refractivity contribution in [2.45, 2.75) is 46.6 Å². The maximum atomic E-state index is 4.48. The van der Waals surface area contributed by atoms with Gasteiger partial charge in [0.2, 0.25) is 0 Å². The first-order valence-electron chi connectivity index (χ1n) is 7.28. The molecule has 0 fully saturated rings. The first-order chi connectivity index (χ1) is 9.67. The summed E-state index contributed by atoms with van der Waals surface area (Å²) in [6.45, 7) is 10.3. The van der Waals surface area contributed by atoms with Gasteiger partial charge in [-0.05, 0) is 19.3 Å². The van der Waals surface area contributed by atoms with Gasteiger partial charge in [0.15, 0.2) is 0 Å². The quantitative estimate of drug-likeness (QED) is 0.877. The molecule has 108 valence electrons. The molecule has 0 aliphatic carbocycles. The lowest BCUT2D eigenvalue weighted by Crippen LogP contribution is -2.07. The van der Waals surface area contributed by atoms with Gasteiger partial charge in [0.05, 0.1) is 11.9 Å². The maximum absolute atomic E-state index is 4.48. The minimum absolute atomic E-state index is 0.356. The van der Waals surface area contributed by atoms with Gasteiger partial charge in [0, 0.05) is 30.4 Å². The van der Waals surface area contributed by atoms with E-state index in [0.29, 0.717) is 5.92 Å². The number of rotatable bonds is 6. The first-order valence-corrected chi connectivity index (χ1v) is 7.28. The summed E-state index contributed by atoms with van der Waals surface area (Å²) in [5.41, 5.74) is 3.20. The van der Waals surface area contributed by atoms with Crippen LogP contribution in [0.25, 0.3) is 11.3 Å². The zero-order chi connectivity index (χ0) is 14.5. The Hall–Kier alpha value is -1.91. The molecule has 0 amide bonds. The van der Waals surface area contributed by atoms with Crippen molar-refractivity contribution in [2.75, 3.05) is 11.9 Å². The van der Waals surface area contributed by atoms with Crippen molar-refractivity contribution in [3.8, 4) is 11.3 Å². The highest BCUT2D eigenvalue weighted by Gasteiger charge is 2.17. The average Bonchev–Trinajstić information content (AvgIpc) is 2.87. The van der Waals surface area contributed by atoms with Gasteiger partial charge in [-0.25, -0.2) is 9.97 Å². The Morgan fingerprint density at radius 3 is 2.70 bits per heavy atom. The normalized spacial score (nSPS) is 11.1. The highest BCUT2D eigenvalue weighted by atomic mass is 15.3. The molecule has 0 saturated heterocycles. The lowest BCUT2D eigenvalue weighted by molar-refractivity contribution is 0.603. The van der Waals surface area contributed by atoms with Gasteiger partial charge in [-0.2, -0.15) is 5.10 Å². The van der Waals surface area contributed by atoms with E-state index < -0.39 is 0 Å². The van der Waals surface area contributed by atoms with Crippen molar-refractivity contribution in [3.05, 3.63) is 24.3 Å². The Morgan fingerprint density at radius 2 is 2.05 bits per heavy atom. The smallest absolute Gasteiger partial charge is 0.133 e. The largest absolute Gasteiger partial charge is 0.370 e. The van der Waals surface area contributed by atoms with E-state index in [9.17, 15) is 0 Å². The number of anilines is 1. The minimum atomic E-state index is 0.356. The Labute approximate surface area is 120 Å². The first kappa shape index (κ1) is 14.5. The molecule has 5 heteroatoms. The van der Waals surface area contributed by atoms with E-state index in [2.05, 4.69) is 54.3 Å². The van der Waals surface area contributed by atoms with Crippen molar-refractivity contribution in [1.82, 2.24) is 19.7 Å². The molecule has 1 N–H and O–H groups in total. The van der Waals surface area contributed by atoms with Gasteiger partial charge in [-0.3, -0.25) is 4.68 Å². The van der Waals surface area contributed by atoms with Crippen LogP contribution >= 0.6 is 0 Å². The molecule has 5 nitrogen and oxygen atoms in total. The zero-order valence-electron chi connectivity index (χ0n) is 12.7. The molecule has 0 radical (unpaired) electrons. The van der Waals surface area contributed by atoms with Crippen molar-refractivity contribution in [1.29, 1.82) is 0 Å². The topological polar surface area (TPSA) is 55.6 Å². The van der Waals surface area contributed by atoms with Gasteiger partial charge >= 0.3 is 0 Å². The van der Waals surface area contributed by atoms with Crippen molar-refractivity contribution in [3.63, 3.8) is 0 Å². The van der Waals surface area contributed by atoms with Crippen molar-refractivity contribution >= 4 is 5.82 Å². The molecule has 2 aromatic heterocycles. The summed E-state index contributed by atoms with van der Waals surface area (Å²) in [5.74, 6) is 1.28. The molecule has 2 aromatic rings. The highest BCUT2D eigenvalue weighted by Crippen LogP contribution is 2.31. The fraction of sp³-hybridized carbons (Fsp3) is 0.533. The molecule has 0 aromatic carbocycles. The predicted molar refractivity (Wildman–Crippen MR) is 81.8 cm³/mol. The van der Waals surface area contributed by atoms with Crippen molar-refractivity contribution in [2.24, 2.45) is 0 Å². The van der Waals surface area contributed by atoms with Crippen LogP contribution in [0.1, 0.15) is 45.6 Å². The van der Waals surface area contributed by atoms with E-state index in [1.165, 1.54) is 0 Å². The van der Waals surface area contributed by atoms with Crippen LogP contribution in [0.4, 0.5) is 5.82 Å². The van der Waals surface area contributed by atoms with E-state index in [4.69, 9.17) is 0 Å². The van der Waals surface area contributed by atoms with E-state index in [0.717, 1.165) is 42.1 Å². The summed E-state index contributed by atoms with van der Waals surface area (Å²) in [5, 5.41) is 7.72. The second-order valence-electron chi connectivity index (χ2n) is 5.16. The van der Waals surface area contributed by atoms with Gasteiger partial charge in [-0.15, -0.1) is 0 Å². The number of hydrogen-bond donors (Lipinski definition) is 1. The molecular weight excluding hydrogens is 250 g/mol. The minimum Gasteiger partial charge on any atom is -0.370 e. The number of aromatic nitrogens is 4. The fourth-order valence-electron chi connectivity index (χ4n) is 2.32. The molecule has 0 atom stereocenters. The highest BCUT2D eigenvalue weighted by molar-refractivity contribution is 5.68.